The molecule has 1 aliphatic rings. The van der Waals surface area contributed by atoms with Gasteiger partial charge in [-0.15, -0.1) is 0 Å². The lowest BCUT2D eigenvalue weighted by Gasteiger charge is -2.15. The zero-order valence-corrected chi connectivity index (χ0v) is 18.5. The molecule has 0 spiro atoms. The van der Waals surface area contributed by atoms with Gasteiger partial charge in [-0.25, -0.2) is 0 Å². The van der Waals surface area contributed by atoms with Gasteiger partial charge in [0.15, 0.2) is 5.65 Å². The molecule has 3 aromatic heterocycles. The molecule has 2 N–H and O–H groups in total. The molecule has 8 heteroatoms. The Labute approximate surface area is 191 Å². The summed E-state index contributed by atoms with van der Waals surface area (Å²) in [7, 11) is 0. The van der Waals surface area contributed by atoms with Gasteiger partial charge in [-0.3, -0.25) is 9.88 Å². The third-order valence-corrected chi connectivity index (χ3v) is 6.11. The normalized spacial score (nSPS) is 14.3. The first-order valence-corrected chi connectivity index (χ1v) is 11.2. The van der Waals surface area contributed by atoms with E-state index >= 15 is 0 Å². The van der Waals surface area contributed by atoms with E-state index < -0.39 is 0 Å². The minimum absolute atomic E-state index is 0.226. The molecule has 1 fully saturated rings. The van der Waals surface area contributed by atoms with Gasteiger partial charge in [0.2, 0.25) is 0 Å². The SMILES string of the molecule is Nc1nc(OCc2ccncc2)nc2c1cc(Cl)n2Cc1ccc(CN2CCCC2)cc1. The molecule has 1 aliphatic heterocycles. The van der Waals surface area contributed by atoms with Gasteiger partial charge in [0.1, 0.15) is 17.6 Å². The van der Waals surface area contributed by atoms with Crippen LogP contribution in [0.4, 0.5) is 5.82 Å². The van der Waals surface area contributed by atoms with Gasteiger partial charge < -0.3 is 15.0 Å². The lowest BCUT2D eigenvalue weighted by molar-refractivity contribution is 0.282. The highest BCUT2D eigenvalue weighted by Crippen LogP contribution is 2.28. The van der Waals surface area contributed by atoms with Crippen molar-refractivity contribution in [1.82, 2.24) is 24.4 Å². The number of benzene rings is 1. The maximum atomic E-state index is 6.54. The van der Waals surface area contributed by atoms with Crippen molar-refractivity contribution in [2.45, 2.75) is 32.5 Å². The summed E-state index contributed by atoms with van der Waals surface area (Å²) in [6, 6.07) is 14.5. The zero-order chi connectivity index (χ0) is 21.9. The number of pyridine rings is 1. The van der Waals surface area contributed by atoms with Gasteiger partial charge in [-0.2, -0.15) is 9.97 Å². The smallest absolute Gasteiger partial charge is 0.320 e. The van der Waals surface area contributed by atoms with E-state index in [9.17, 15) is 0 Å². The molecule has 4 heterocycles. The van der Waals surface area contributed by atoms with Gasteiger partial charge in [-0.05, 0) is 60.8 Å². The summed E-state index contributed by atoms with van der Waals surface area (Å²) in [5.41, 5.74) is 10.3. The average molecular weight is 449 g/mol. The minimum Gasteiger partial charge on any atom is -0.458 e. The predicted octanol–water partition coefficient (Wildman–Crippen LogP) is 4.29. The summed E-state index contributed by atoms with van der Waals surface area (Å²) < 4.78 is 7.72. The van der Waals surface area contributed by atoms with E-state index in [1.165, 1.54) is 31.5 Å². The van der Waals surface area contributed by atoms with E-state index in [0.717, 1.165) is 23.1 Å². The fourth-order valence-electron chi connectivity index (χ4n) is 4.07. The molecule has 0 saturated carbocycles. The number of likely N-dealkylation sites (tertiary alicyclic amines) is 1. The summed E-state index contributed by atoms with van der Waals surface area (Å²) >= 11 is 6.54. The quantitative estimate of drug-likeness (QED) is 0.454. The van der Waals surface area contributed by atoms with Gasteiger partial charge in [0.05, 0.1) is 11.9 Å². The Hall–Kier alpha value is -3.16. The first-order valence-electron chi connectivity index (χ1n) is 10.8. The van der Waals surface area contributed by atoms with Crippen LogP contribution in [0.3, 0.4) is 0 Å². The number of nitrogen functional groups attached to an aromatic ring is 1. The van der Waals surface area contributed by atoms with E-state index in [-0.39, 0.29) is 6.01 Å². The largest absolute Gasteiger partial charge is 0.458 e. The monoisotopic (exact) mass is 448 g/mol. The number of ether oxygens (including phenoxy) is 1. The molecule has 0 aliphatic carbocycles. The van der Waals surface area contributed by atoms with Gasteiger partial charge >= 0.3 is 6.01 Å². The number of halogens is 1. The summed E-state index contributed by atoms with van der Waals surface area (Å²) in [6.45, 7) is 4.32. The Morgan fingerprint density at radius 2 is 1.59 bits per heavy atom. The van der Waals surface area contributed by atoms with E-state index in [2.05, 4.69) is 44.1 Å². The number of hydrogen-bond acceptors (Lipinski definition) is 6. The van der Waals surface area contributed by atoms with Crippen LogP contribution in [0, 0.1) is 0 Å². The fraction of sp³-hybridized carbons (Fsp3) is 0.292. The van der Waals surface area contributed by atoms with Crippen molar-refractivity contribution in [3.63, 3.8) is 0 Å². The van der Waals surface area contributed by atoms with Crippen molar-refractivity contribution < 1.29 is 4.74 Å². The van der Waals surface area contributed by atoms with Gasteiger partial charge in [0, 0.05) is 18.9 Å². The lowest BCUT2D eigenvalue weighted by Crippen LogP contribution is -2.18. The molecule has 0 radical (unpaired) electrons. The van der Waals surface area contributed by atoms with Crippen LogP contribution in [0.5, 0.6) is 6.01 Å². The molecule has 32 heavy (non-hydrogen) atoms. The molecule has 4 aromatic rings. The lowest BCUT2D eigenvalue weighted by atomic mass is 10.1. The molecule has 0 amide bonds. The first kappa shape index (κ1) is 20.7. The number of aromatic nitrogens is 4. The van der Waals surface area contributed by atoms with Crippen molar-refractivity contribution in [1.29, 1.82) is 0 Å². The third-order valence-electron chi connectivity index (χ3n) is 5.80. The number of hydrogen-bond donors (Lipinski definition) is 1. The third kappa shape index (κ3) is 4.54. The predicted molar refractivity (Wildman–Crippen MR) is 126 cm³/mol. The van der Waals surface area contributed by atoms with Crippen LogP contribution >= 0.6 is 11.6 Å². The van der Waals surface area contributed by atoms with Crippen LogP contribution in [0.25, 0.3) is 11.0 Å². The summed E-state index contributed by atoms with van der Waals surface area (Å²) in [5.74, 6) is 0.348. The second-order valence-electron chi connectivity index (χ2n) is 8.13. The molecule has 0 unspecified atom stereocenters. The molecule has 0 bridgehead atoms. The topological polar surface area (TPSA) is 82.1 Å². The number of fused-ring (bicyclic) bond motifs is 1. The Bertz CT molecular complexity index is 1200. The number of nitrogens with zero attached hydrogens (tertiary/aromatic N) is 5. The second-order valence-corrected chi connectivity index (χ2v) is 8.51. The average Bonchev–Trinajstić information content (AvgIpc) is 3.43. The fourth-order valence-corrected chi connectivity index (χ4v) is 4.32. The molecule has 164 valence electrons. The van der Waals surface area contributed by atoms with Crippen LogP contribution < -0.4 is 10.5 Å². The standard InChI is InChI=1S/C24H25ClN6O/c25-21-13-20-22(26)28-24(32-16-19-7-9-27-10-8-19)29-23(20)31(21)15-18-5-3-17(4-6-18)14-30-11-1-2-12-30/h3-10,13H,1-2,11-12,14-16H2,(H2,26,28,29). The summed E-state index contributed by atoms with van der Waals surface area (Å²) in [4.78, 5) is 15.4. The minimum atomic E-state index is 0.226. The molecule has 7 nitrogen and oxygen atoms in total. The number of nitrogens with two attached hydrogens (primary N) is 1. The maximum Gasteiger partial charge on any atom is 0.320 e. The molecule has 5 rings (SSSR count). The Kier molecular flexibility index (Phi) is 5.92. The van der Waals surface area contributed by atoms with Crippen LogP contribution in [0.1, 0.15) is 29.5 Å². The zero-order valence-electron chi connectivity index (χ0n) is 17.7. The van der Waals surface area contributed by atoms with Crippen LogP contribution in [-0.2, 0) is 19.7 Å². The van der Waals surface area contributed by atoms with Gasteiger partial charge in [0.25, 0.3) is 0 Å². The van der Waals surface area contributed by atoms with Crippen molar-refractivity contribution in [2.24, 2.45) is 0 Å². The van der Waals surface area contributed by atoms with E-state index in [1.54, 1.807) is 18.5 Å². The van der Waals surface area contributed by atoms with Crippen LogP contribution in [-0.4, -0.2) is 37.5 Å². The molecule has 0 atom stereocenters. The van der Waals surface area contributed by atoms with Crippen molar-refractivity contribution in [3.8, 4) is 6.01 Å². The highest BCUT2D eigenvalue weighted by atomic mass is 35.5. The highest BCUT2D eigenvalue weighted by Gasteiger charge is 2.16. The number of anilines is 1. The number of rotatable bonds is 7. The van der Waals surface area contributed by atoms with Crippen molar-refractivity contribution in [2.75, 3.05) is 18.8 Å². The Balaban J connectivity index is 1.35. The Morgan fingerprint density at radius 1 is 0.906 bits per heavy atom. The maximum absolute atomic E-state index is 6.54. The summed E-state index contributed by atoms with van der Waals surface area (Å²) in [5, 5.41) is 1.28. The van der Waals surface area contributed by atoms with Gasteiger partial charge in [-0.1, -0.05) is 35.9 Å². The molecule has 1 aromatic carbocycles. The van der Waals surface area contributed by atoms with Crippen LogP contribution in [0.15, 0.2) is 54.9 Å². The van der Waals surface area contributed by atoms with E-state index in [1.807, 2.05) is 16.7 Å². The molecule has 1 saturated heterocycles. The second kappa shape index (κ2) is 9.14. The molecular weight excluding hydrogens is 424 g/mol. The highest BCUT2D eigenvalue weighted by molar-refractivity contribution is 6.31. The van der Waals surface area contributed by atoms with E-state index in [0.29, 0.717) is 29.8 Å². The first-order chi connectivity index (χ1) is 15.7. The van der Waals surface area contributed by atoms with Crippen molar-refractivity contribution >= 4 is 28.5 Å². The summed E-state index contributed by atoms with van der Waals surface area (Å²) in [6.07, 6.45) is 6.05. The molecular formula is C24H25ClN6O. The van der Waals surface area contributed by atoms with E-state index in [4.69, 9.17) is 22.1 Å². The van der Waals surface area contributed by atoms with Crippen LogP contribution in [0.2, 0.25) is 5.15 Å². The Morgan fingerprint density at radius 3 is 2.31 bits per heavy atom. The van der Waals surface area contributed by atoms with Crippen molar-refractivity contribution in [3.05, 3.63) is 76.7 Å².